The van der Waals surface area contributed by atoms with Gasteiger partial charge in [-0.05, 0) is 47.9 Å². The third-order valence-electron chi connectivity index (χ3n) is 5.00. The second kappa shape index (κ2) is 6.16. The van der Waals surface area contributed by atoms with Crippen LogP contribution in [-0.4, -0.2) is 0 Å². The fourth-order valence-corrected chi connectivity index (χ4v) is 3.17. The zero-order chi connectivity index (χ0) is 18.3. The van der Waals surface area contributed by atoms with Crippen LogP contribution in [0.5, 0.6) is 0 Å². The lowest BCUT2D eigenvalue weighted by Crippen LogP contribution is -2.35. The fourth-order valence-electron chi connectivity index (χ4n) is 3.17. The van der Waals surface area contributed by atoms with Gasteiger partial charge < -0.3 is 0 Å². The summed E-state index contributed by atoms with van der Waals surface area (Å²) < 4.78 is 18.4. The van der Waals surface area contributed by atoms with Crippen molar-refractivity contribution in [2.45, 2.75) is 40.0 Å². The highest BCUT2D eigenvalue weighted by Gasteiger charge is 2.19. The van der Waals surface area contributed by atoms with Gasteiger partial charge in [0.05, 0.1) is 8.13 Å². The van der Waals surface area contributed by atoms with Gasteiger partial charge in [-0.2, -0.15) is 4.57 Å². The number of hydrogen-bond donors (Lipinski definition) is 0. The maximum absolute atomic E-state index is 8.17. The Balaban J connectivity index is 2.37. The van der Waals surface area contributed by atoms with Crippen LogP contribution in [-0.2, 0) is 7.05 Å². The van der Waals surface area contributed by atoms with Gasteiger partial charge in [-0.15, -0.1) is 0 Å². The molecule has 0 bridgehead atoms. The van der Waals surface area contributed by atoms with E-state index in [4.69, 9.17) is 2.74 Å². The summed E-state index contributed by atoms with van der Waals surface area (Å²) in [6, 6.07) is 13.2. The monoisotopic (exact) mass is 306 g/mol. The van der Waals surface area contributed by atoms with Gasteiger partial charge >= 0.3 is 0 Å². The number of aryl methyl sites for hydroxylation is 1. The highest BCUT2D eigenvalue weighted by atomic mass is 14.9. The Morgan fingerprint density at radius 2 is 1.96 bits per heavy atom. The third kappa shape index (κ3) is 2.76. The molecule has 3 aromatic rings. The lowest BCUT2D eigenvalue weighted by molar-refractivity contribution is -0.665. The molecular weight excluding hydrogens is 278 g/mol. The normalized spacial score (nSPS) is 13.8. The second-order valence-corrected chi connectivity index (χ2v) is 6.49. The van der Waals surface area contributed by atoms with Gasteiger partial charge in [0.25, 0.3) is 0 Å². The van der Waals surface area contributed by atoms with Gasteiger partial charge in [-0.3, -0.25) is 0 Å². The molecule has 0 aliphatic rings. The van der Waals surface area contributed by atoms with E-state index in [1.807, 2.05) is 13.0 Å². The summed E-state index contributed by atoms with van der Waals surface area (Å²) in [5.74, 6) is 0.542. The molecule has 3 rings (SSSR count). The summed E-state index contributed by atoms with van der Waals surface area (Å²) >= 11 is 0. The zero-order valence-corrected chi connectivity index (χ0v) is 14.7. The fraction of sp³-hybridized carbons (Fsp3) is 0.318. The first kappa shape index (κ1) is 13.3. The Hall–Kier alpha value is -2.15. The van der Waals surface area contributed by atoms with Crippen molar-refractivity contribution in [1.82, 2.24) is 0 Å². The summed E-state index contributed by atoms with van der Waals surface area (Å²) in [5.41, 5.74) is 5.52. The minimum atomic E-state index is 0.386. The SMILES string of the molecule is [2H]c1cc([2H])c(C)c(-c2c3ccc(C(C)CC)cc3cc(C)[n+]2C)c1. The smallest absolute Gasteiger partial charge is 0.198 e. The molecule has 0 amide bonds. The largest absolute Gasteiger partial charge is 0.220 e. The first-order valence-electron chi connectivity index (χ1n) is 9.35. The van der Waals surface area contributed by atoms with Crippen LogP contribution in [0.2, 0.25) is 0 Å². The summed E-state index contributed by atoms with van der Waals surface area (Å²) in [4.78, 5) is 0. The number of nitrogens with zero attached hydrogens (tertiary/aromatic N) is 1. The topological polar surface area (TPSA) is 3.88 Å². The Bertz CT molecular complexity index is 960. The first-order chi connectivity index (χ1) is 11.8. The van der Waals surface area contributed by atoms with E-state index < -0.39 is 0 Å². The molecule has 0 saturated carbocycles. The van der Waals surface area contributed by atoms with Gasteiger partial charge in [0.2, 0.25) is 5.69 Å². The van der Waals surface area contributed by atoms with Crippen LogP contribution in [0, 0.1) is 13.8 Å². The molecule has 118 valence electrons. The molecule has 0 N–H and O–H groups in total. The summed E-state index contributed by atoms with van der Waals surface area (Å²) in [6.45, 7) is 8.56. The van der Waals surface area contributed by atoms with Crippen molar-refractivity contribution in [1.29, 1.82) is 0 Å². The van der Waals surface area contributed by atoms with Crippen molar-refractivity contribution in [3.8, 4) is 11.3 Å². The molecule has 1 unspecified atom stereocenters. The van der Waals surface area contributed by atoms with Crippen LogP contribution >= 0.6 is 0 Å². The zero-order valence-electron chi connectivity index (χ0n) is 16.7. The number of benzene rings is 2. The van der Waals surface area contributed by atoms with E-state index in [-0.39, 0.29) is 0 Å². The van der Waals surface area contributed by atoms with Crippen molar-refractivity contribution < 1.29 is 7.31 Å². The number of fused-ring (bicyclic) bond motifs is 1. The van der Waals surface area contributed by atoms with Crippen molar-refractivity contribution in [2.75, 3.05) is 0 Å². The van der Waals surface area contributed by atoms with Gasteiger partial charge in [-0.1, -0.05) is 44.1 Å². The maximum atomic E-state index is 8.17. The van der Waals surface area contributed by atoms with E-state index in [9.17, 15) is 0 Å². The predicted octanol–water partition coefficient (Wildman–Crippen LogP) is 5.46. The quantitative estimate of drug-likeness (QED) is 0.566. The second-order valence-electron chi connectivity index (χ2n) is 6.49. The molecule has 0 fully saturated rings. The predicted molar refractivity (Wildman–Crippen MR) is 98.7 cm³/mol. The first-order valence-corrected chi connectivity index (χ1v) is 8.35. The molecular formula is C22H26N+. The number of aromatic nitrogens is 1. The summed E-state index contributed by atoms with van der Waals surface area (Å²) in [5, 5.41) is 2.40. The van der Waals surface area contributed by atoms with Crippen LogP contribution < -0.4 is 4.57 Å². The molecule has 23 heavy (non-hydrogen) atoms. The van der Waals surface area contributed by atoms with Crippen molar-refractivity contribution >= 4 is 10.8 Å². The van der Waals surface area contributed by atoms with Crippen LogP contribution in [0.1, 0.15) is 45.7 Å². The molecule has 1 atom stereocenters. The molecule has 1 heteroatoms. The van der Waals surface area contributed by atoms with Crippen molar-refractivity contribution in [3.05, 3.63) is 65.3 Å². The lowest BCUT2D eigenvalue weighted by Gasteiger charge is -2.13. The molecule has 0 saturated heterocycles. The molecule has 0 spiro atoms. The Morgan fingerprint density at radius 3 is 2.70 bits per heavy atom. The average Bonchev–Trinajstić information content (AvgIpc) is 2.58. The van der Waals surface area contributed by atoms with Gasteiger partial charge in [-0.25, -0.2) is 0 Å². The van der Waals surface area contributed by atoms with E-state index in [2.05, 4.69) is 56.7 Å². The molecule has 0 radical (unpaired) electrons. The van der Waals surface area contributed by atoms with E-state index in [1.54, 1.807) is 6.07 Å². The Morgan fingerprint density at radius 1 is 1.17 bits per heavy atom. The molecule has 1 aromatic heterocycles. The number of rotatable bonds is 3. The Kier molecular flexibility index (Phi) is 3.56. The van der Waals surface area contributed by atoms with Crippen LogP contribution in [0.15, 0.2) is 48.5 Å². The van der Waals surface area contributed by atoms with Gasteiger partial charge in [0.15, 0.2) is 5.69 Å². The molecule has 2 aromatic carbocycles. The van der Waals surface area contributed by atoms with Crippen LogP contribution in [0.3, 0.4) is 0 Å². The number of pyridine rings is 1. The molecule has 0 aliphatic carbocycles. The van der Waals surface area contributed by atoms with Crippen LogP contribution in [0.25, 0.3) is 22.0 Å². The molecule has 1 heterocycles. The van der Waals surface area contributed by atoms with Gasteiger partial charge in [0, 0.05) is 18.6 Å². The minimum absolute atomic E-state index is 0.386. The van der Waals surface area contributed by atoms with E-state index in [0.29, 0.717) is 18.0 Å². The number of hydrogen-bond acceptors (Lipinski definition) is 0. The molecule has 1 nitrogen and oxygen atoms in total. The summed E-state index contributed by atoms with van der Waals surface area (Å²) in [7, 11) is 2.06. The molecule has 0 aliphatic heterocycles. The highest BCUT2D eigenvalue weighted by Crippen LogP contribution is 2.31. The van der Waals surface area contributed by atoms with E-state index in [1.165, 1.54) is 22.0 Å². The highest BCUT2D eigenvalue weighted by molar-refractivity contribution is 5.94. The van der Waals surface area contributed by atoms with Gasteiger partial charge in [0.1, 0.15) is 7.05 Å². The van der Waals surface area contributed by atoms with Crippen LogP contribution in [0.4, 0.5) is 0 Å². The van der Waals surface area contributed by atoms with E-state index >= 15 is 0 Å². The van der Waals surface area contributed by atoms with E-state index in [0.717, 1.165) is 23.2 Å². The third-order valence-corrected chi connectivity index (χ3v) is 5.00. The van der Waals surface area contributed by atoms with Crippen molar-refractivity contribution in [3.63, 3.8) is 0 Å². The summed E-state index contributed by atoms with van der Waals surface area (Å²) in [6.07, 6.45) is 1.13. The lowest BCUT2D eigenvalue weighted by atomic mass is 9.93. The maximum Gasteiger partial charge on any atom is 0.220 e. The minimum Gasteiger partial charge on any atom is -0.198 e. The standard InChI is InChI=1S/C22H26N/c1-6-15(2)18-11-12-21-19(14-18)13-17(4)23(5)22(21)20-10-8-7-9-16(20)3/h7-15H,6H2,1-5H3/q+1/i8D,9D. The Labute approximate surface area is 142 Å². The average molecular weight is 306 g/mol. The van der Waals surface area contributed by atoms with Crippen molar-refractivity contribution in [2.24, 2.45) is 7.05 Å².